The van der Waals surface area contributed by atoms with Crippen LogP contribution in [0.1, 0.15) is 44.9 Å². The highest BCUT2D eigenvalue weighted by Crippen LogP contribution is 2.30. The van der Waals surface area contributed by atoms with Crippen molar-refractivity contribution in [1.29, 1.82) is 0 Å². The summed E-state index contributed by atoms with van der Waals surface area (Å²) in [6.45, 7) is 7.06. The lowest BCUT2D eigenvalue weighted by molar-refractivity contribution is -0.137. The van der Waals surface area contributed by atoms with E-state index < -0.39 is 17.3 Å². The summed E-state index contributed by atoms with van der Waals surface area (Å²) in [4.78, 5) is 0. The van der Waals surface area contributed by atoms with Crippen molar-refractivity contribution in [3.63, 3.8) is 0 Å². The van der Waals surface area contributed by atoms with Gasteiger partial charge in [-0.15, -0.1) is 0 Å². The second kappa shape index (κ2) is 5.51. The molecule has 0 saturated carbocycles. The molecule has 0 aliphatic rings. The zero-order valence-corrected chi connectivity index (χ0v) is 11.5. The van der Waals surface area contributed by atoms with Crippen molar-refractivity contribution >= 4 is 0 Å². The first kappa shape index (κ1) is 16.0. The number of aliphatic hydroxyl groups is 1. The van der Waals surface area contributed by atoms with Gasteiger partial charge in [-0.1, -0.05) is 12.1 Å². The topological polar surface area (TPSA) is 32.3 Å². The van der Waals surface area contributed by atoms with Gasteiger partial charge in [-0.2, -0.15) is 13.2 Å². The minimum atomic E-state index is -4.31. The molecule has 0 amide bonds. The molecule has 1 aromatic rings. The van der Waals surface area contributed by atoms with Crippen LogP contribution in [-0.4, -0.2) is 16.7 Å². The zero-order chi connectivity index (χ0) is 14.8. The standard InChI is InChI=1S/C14H20F3NO/c1-9(18-10(2)13(3,4)19)11-5-7-12(8-6-11)14(15,16)17/h5-10,18-19H,1-4H3. The normalized spacial score (nSPS) is 16.2. The fourth-order valence-corrected chi connectivity index (χ4v) is 1.64. The van der Waals surface area contributed by atoms with Crippen LogP contribution in [0, 0.1) is 0 Å². The van der Waals surface area contributed by atoms with E-state index in [0.29, 0.717) is 0 Å². The van der Waals surface area contributed by atoms with Gasteiger partial charge in [-0.25, -0.2) is 0 Å². The number of nitrogens with one attached hydrogen (secondary N) is 1. The Morgan fingerprint density at radius 2 is 1.53 bits per heavy atom. The molecular formula is C14H20F3NO. The Balaban J connectivity index is 2.76. The van der Waals surface area contributed by atoms with Gasteiger partial charge < -0.3 is 10.4 Å². The summed E-state index contributed by atoms with van der Waals surface area (Å²) in [5.74, 6) is 0. The van der Waals surface area contributed by atoms with Gasteiger partial charge in [0.15, 0.2) is 0 Å². The molecule has 19 heavy (non-hydrogen) atoms. The van der Waals surface area contributed by atoms with Crippen LogP contribution < -0.4 is 5.32 Å². The first-order chi connectivity index (χ1) is 8.51. The van der Waals surface area contributed by atoms with Gasteiger partial charge in [0.1, 0.15) is 0 Å². The van der Waals surface area contributed by atoms with E-state index in [4.69, 9.17) is 0 Å². The molecule has 0 fully saturated rings. The fourth-order valence-electron chi connectivity index (χ4n) is 1.64. The number of benzene rings is 1. The van der Waals surface area contributed by atoms with Crippen molar-refractivity contribution in [3.05, 3.63) is 35.4 Å². The van der Waals surface area contributed by atoms with Crippen molar-refractivity contribution < 1.29 is 18.3 Å². The lowest BCUT2D eigenvalue weighted by Crippen LogP contribution is -2.45. The van der Waals surface area contributed by atoms with Crippen molar-refractivity contribution in [3.8, 4) is 0 Å². The highest BCUT2D eigenvalue weighted by molar-refractivity contribution is 5.26. The van der Waals surface area contributed by atoms with E-state index >= 15 is 0 Å². The molecule has 0 aliphatic heterocycles. The molecule has 0 bridgehead atoms. The summed E-state index contributed by atoms with van der Waals surface area (Å²) >= 11 is 0. The smallest absolute Gasteiger partial charge is 0.389 e. The van der Waals surface area contributed by atoms with Crippen molar-refractivity contribution in [2.45, 2.75) is 51.6 Å². The molecule has 1 rings (SSSR count). The van der Waals surface area contributed by atoms with Gasteiger partial charge in [0.05, 0.1) is 11.2 Å². The average molecular weight is 275 g/mol. The maximum absolute atomic E-state index is 12.4. The quantitative estimate of drug-likeness (QED) is 0.881. The molecule has 2 unspecified atom stereocenters. The first-order valence-corrected chi connectivity index (χ1v) is 6.17. The summed E-state index contributed by atoms with van der Waals surface area (Å²) < 4.78 is 37.3. The number of halogens is 3. The maximum Gasteiger partial charge on any atom is 0.416 e. The van der Waals surface area contributed by atoms with E-state index in [1.807, 2.05) is 13.8 Å². The Labute approximate surface area is 111 Å². The summed E-state index contributed by atoms with van der Waals surface area (Å²) in [5, 5.41) is 13.0. The molecule has 1 aromatic carbocycles. The number of hydrogen-bond acceptors (Lipinski definition) is 2. The average Bonchev–Trinajstić information content (AvgIpc) is 2.26. The van der Waals surface area contributed by atoms with Gasteiger partial charge in [-0.3, -0.25) is 0 Å². The van der Waals surface area contributed by atoms with Crippen LogP contribution in [0.15, 0.2) is 24.3 Å². The third kappa shape index (κ3) is 4.51. The van der Waals surface area contributed by atoms with E-state index in [2.05, 4.69) is 5.32 Å². The van der Waals surface area contributed by atoms with Gasteiger partial charge in [0.25, 0.3) is 0 Å². The zero-order valence-electron chi connectivity index (χ0n) is 11.5. The highest BCUT2D eigenvalue weighted by Gasteiger charge is 2.30. The molecule has 2 nitrogen and oxygen atoms in total. The van der Waals surface area contributed by atoms with Gasteiger partial charge >= 0.3 is 6.18 Å². The molecule has 2 atom stereocenters. The van der Waals surface area contributed by atoms with E-state index in [1.165, 1.54) is 12.1 Å². The largest absolute Gasteiger partial charge is 0.416 e. The fraction of sp³-hybridized carbons (Fsp3) is 0.571. The second-order valence-electron chi connectivity index (χ2n) is 5.38. The van der Waals surface area contributed by atoms with Crippen LogP contribution in [0.2, 0.25) is 0 Å². The van der Waals surface area contributed by atoms with Gasteiger partial charge in [0.2, 0.25) is 0 Å². The SMILES string of the molecule is CC(NC(C)C(C)(C)O)c1ccc(C(F)(F)F)cc1. The molecule has 2 N–H and O–H groups in total. The van der Waals surface area contributed by atoms with Crippen LogP contribution >= 0.6 is 0 Å². The first-order valence-electron chi connectivity index (χ1n) is 6.17. The molecular weight excluding hydrogens is 255 g/mol. The molecule has 108 valence electrons. The Kier molecular flexibility index (Phi) is 4.63. The van der Waals surface area contributed by atoms with Crippen LogP contribution in [-0.2, 0) is 6.18 Å². The van der Waals surface area contributed by atoms with E-state index in [-0.39, 0.29) is 12.1 Å². The molecule has 5 heteroatoms. The lowest BCUT2D eigenvalue weighted by atomic mass is 9.98. The summed E-state index contributed by atoms with van der Waals surface area (Å²) in [6, 6.07) is 4.74. The van der Waals surface area contributed by atoms with E-state index in [9.17, 15) is 18.3 Å². The number of hydrogen-bond donors (Lipinski definition) is 2. The van der Waals surface area contributed by atoms with E-state index in [0.717, 1.165) is 17.7 Å². The molecule has 0 aliphatic carbocycles. The molecule has 0 heterocycles. The highest BCUT2D eigenvalue weighted by atomic mass is 19.4. The lowest BCUT2D eigenvalue weighted by Gasteiger charge is -2.30. The van der Waals surface area contributed by atoms with E-state index in [1.54, 1.807) is 13.8 Å². The monoisotopic (exact) mass is 275 g/mol. The minimum Gasteiger partial charge on any atom is -0.389 e. The molecule has 0 spiro atoms. The predicted octanol–water partition coefficient (Wildman–Crippen LogP) is 3.52. The van der Waals surface area contributed by atoms with Crippen LogP contribution in [0.3, 0.4) is 0 Å². The van der Waals surface area contributed by atoms with Crippen molar-refractivity contribution in [2.75, 3.05) is 0 Å². The predicted molar refractivity (Wildman–Crippen MR) is 68.8 cm³/mol. The third-order valence-electron chi connectivity index (χ3n) is 3.30. The van der Waals surface area contributed by atoms with Gasteiger partial charge in [0, 0.05) is 12.1 Å². The summed E-state index contributed by atoms with van der Waals surface area (Å²) in [5.41, 5.74) is -0.789. The number of rotatable bonds is 4. The molecule has 0 saturated heterocycles. The maximum atomic E-state index is 12.4. The van der Waals surface area contributed by atoms with Crippen molar-refractivity contribution in [2.24, 2.45) is 0 Å². The van der Waals surface area contributed by atoms with Crippen LogP contribution in [0.5, 0.6) is 0 Å². The van der Waals surface area contributed by atoms with Gasteiger partial charge in [-0.05, 0) is 45.4 Å². The Morgan fingerprint density at radius 1 is 1.05 bits per heavy atom. The van der Waals surface area contributed by atoms with Crippen LogP contribution in [0.4, 0.5) is 13.2 Å². The van der Waals surface area contributed by atoms with Crippen molar-refractivity contribution in [1.82, 2.24) is 5.32 Å². The van der Waals surface area contributed by atoms with Crippen LogP contribution in [0.25, 0.3) is 0 Å². The minimum absolute atomic E-state index is 0.135. The Morgan fingerprint density at radius 3 is 1.89 bits per heavy atom. The summed E-state index contributed by atoms with van der Waals surface area (Å²) in [6.07, 6.45) is -4.31. The summed E-state index contributed by atoms with van der Waals surface area (Å²) in [7, 11) is 0. The molecule has 0 radical (unpaired) electrons. The Bertz CT molecular complexity index is 406. The number of alkyl halides is 3. The second-order valence-corrected chi connectivity index (χ2v) is 5.38. The third-order valence-corrected chi connectivity index (χ3v) is 3.30. The molecule has 0 aromatic heterocycles. The Hall–Kier alpha value is -1.07.